The molecule has 0 aliphatic heterocycles. The summed E-state index contributed by atoms with van der Waals surface area (Å²) in [6, 6.07) is 48.0. The van der Waals surface area contributed by atoms with E-state index in [0.717, 1.165) is 40.7 Å². The Hall–Kier alpha value is -6.05. The van der Waals surface area contributed by atoms with Gasteiger partial charge in [0.2, 0.25) is 0 Å². The van der Waals surface area contributed by atoms with Crippen molar-refractivity contribution in [2.24, 2.45) is 0 Å². The molecule has 4 nitrogen and oxygen atoms in total. The zero-order chi connectivity index (χ0) is 30.2. The summed E-state index contributed by atoms with van der Waals surface area (Å²) >= 11 is 0. The van der Waals surface area contributed by atoms with Gasteiger partial charge in [0, 0.05) is 39.0 Å². The summed E-state index contributed by atoms with van der Waals surface area (Å²) in [5.74, 6) is 0.596. The minimum atomic E-state index is 0.468. The first kappa shape index (κ1) is 26.6. The minimum absolute atomic E-state index is 0.468. The number of fused-ring (bicyclic) bond motifs is 3. The maximum absolute atomic E-state index is 10.3. The van der Waals surface area contributed by atoms with Crippen LogP contribution in [0.15, 0.2) is 140 Å². The molecule has 2 heterocycles. The Labute approximate surface area is 262 Å². The van der Waals surface area contributed by atoms with E-state index in [4.69, 9.17) is 9.97 Å². The predicted molar refractivity (Wildman–Crippen MR) is 183 cm³/mol. The molecule has 0 bridgehead atoms. The van der Waals surface area contributed by atoms with E-state index in [1.54, 1.807) is 0 Å². The SMILES string of the molecule is N#Cc1c(-c2ccccc2)nc(-c2ccccc2)nc1-c1ccc(-c2ccc(-n3c4c(c5ccccc53)C=CCC4)cc2)cc1. The topological polar surface area (TPSA) is 54.5 Å². The molecule has 7 aromatic rings. The van der Waals surface area contributed by atoms with Crippen LogP contribution in [-0.2, 0) is 6.42 Å². The van der Waals surface area contributed by atoms with Gasteiger partial charge in [0.25, 0.3) is 0 Å². The Morgan fingerprint density at radius 1 is 0.578 bits per heavy atom. The average molecular weight is 577 g/mol. The highest BCUT2D eigenvalue weighted by Gasteiger charge is 2.20. The van der Waals surface area contributed by atoms with Crippen molar-refractivity contribution >= 4 is 17.0 Å². The number of benzene rings is 5. The number of rotatable bonds is 5. The van der Waals surface area contributed by atoms with Crippen LogP contribution in [0.4, 0.5) is 0 Å². The molecular weight excluding hydrogens is 548 g/mol. The van der Waals surface area contributed by atoms with E-state index in [9.17, 15) is 5.26 Å². The lowest BCUT2D eigenvalue weighted by molar-refractivity contribution is 0.888. The summed E-state index contributed by atoms with van der Waals surface area (Å²) < 4.78 is 2.41. The number of nitriles is 1. The summed E-state index contributed by atoms with van der Waals surface area (Å²) in [7, 11) is 0. The van der Waals surface area contributed by atoms with Gasteiger partial charge in [-0.3, -0.25) is 0 Å². The van der Waals surface area contributed by atoms with Crippen molar-refractivity contribution in [3.8, 4) is 56.8 Å². The van der Waals surface area contributed by atoms with Crippen molar-refractivity contribution in [3.63, 3.8) is 0 Å². The molecular formula is C41H28N4. The highest BCUT2D eigenvalue weighted by atomic mass is 15.0. The molecule has 0 radical (unpaired) electrons. The largest absolute Gasteiger partial charge is 0.313 e. The van der Waals surface area contributed by atoms with Crippen molar-refractivity contribution in [2.75, 3.05) is 0 Å². The van der Waals surface area contributed by atoms with Crippen molar-refractivity contribution in [1.29, 1.82) is 5.26 Å². The predicted octanol–water partition coefficient (Wildman–Crippen LogP) is 9.92. The quantitative estimate of drug-likeness (QED) is 0.205. The molecule has 2 aromatic heterocycles. The van der Waals surface area contributed by atoms with Gasteiger partial charge in [-0.1, -0.05) is 127 Å². The number of aromatic nitrogens is 3. The Kier molecular flexibility index (Phi) is 6.63. The molecule has 0 N–H and O–H groups in total. The maximum atomic E-state index is 10.3. The molecule has 45 heavy (non-hydrogen) atoms. The molecule has 0 spiro atoms. The summed E-state index contributed by atoms with van der Waals surface area (Å²) in [4.78, 5) is 9.80. The first-order chi connectivity index (χ1) is 22.3. The Morgan fingerprint density at radius 3 is 1.80 bits per heavy atom. The van der Waals surface area contributed by atoms with Crippen LogP contribution in [0.1, 0.15) is 23.2 Å². The molecule has 5 aromatic carbocycles. The highest BCUT2D eigenvalue weighted by molar-refractivity contribution is 5.93. The third-order valence-electron chi connectivity index (χ3n) is 8.57. The summed E-state index contributed by atoms with van der Waals surface area (Å²) in [6.45, 7) is 0. The first-order valence-electron chi connectivity index (χ1n) is 15.2. The van der Waals surface area contributed by atoms with Crippen LogP contribution in [0.3, 0.4) is 0 Å². The molecule has 1 aliphatic rings. The molecule has 4 heteroatoms. The van der Waals surface area contributed by atoms with Crippen LogP contribution in [0.2, 0.25) is 0 Å². The smallest absolute Gasteiger partial charge is 0.160 e. The molecule has 0 unspecified atom stereocenters. The van der Waals surface area contributed by atoms with Crippen molar-refractivity contribution in [3.05, 3.63) is 156 Å². The van der Waals surface area contributed by atoms with E-state index in [1.165, 1.54) is 27.8 Å². The van der Waals surface area contributed by atoms with Crippen LogP contribution >= 0.6 is 0 Å². The van der Waals surface area contributed by atoms with Gasteiger partial charge in [-0.15, -0.1) is 0 Å². The minimum Gasteiger partial charge on any atom is -0.313 e. The van der Waals surface area contributed by atoms with Gasteiger partial charge < -0.3 is 4.57 Å². The molecule has 0 saturated carbocycles. The second kappa shape index (κ2) is 11.2. The third-order valence-corrected chi connectivity index (χ3v) is 8.57. The highest BCUT2D eigenvalue weighted by Crippen LogP contribution is 2.36. The lowest BCUT2D eigenvalue weighted by atomic mass is 9.98. The Balaban J connectivity index is 1.17. The fraction of sp³-hybridized carbons (Fsp3) is 0.0488. The van der Waals surface area contributed by atoms with Crippen LogP contribution in [-0.4, -0.2) is 14.5 Å². The third kappa shape index (κ3) is 4.72. The van der Waals surface area contributed by atoms with Gasteiger partial charge in [0.1, 0.15) is 11.6 Å². The van der Waals surface area contributed by atoms with Crippen LogP contribution in [0, 0.1) is 11.3 Å². The first-order valence-corrected chi connectivity index (χ1v) is 15.2. The number of hydrogen-bond donors (Lipinski definition) is 0. The Morgan fingerprint density at radius 2 is 1.13 bits per heavy atom. The fourth-order valence-corrected chi connectivity index (χ4v) is 6.39. The molecule has 0 saturated heterocycles. The van der Waals surface area contributed by atoms with E-state index < -0.39 is 0 Å². The molecule has 212 valence electrons. The van der Waals surface area contributed by atoms with Crippen molar-refractivity contribution in [1.82, 2.24) is 14.5 Å². The molecule has 0 amide bonds. The van der Waals surface area contributed by atoms with Gasteiger partial charge >= 0.3 is 0 Å². The van der Waals surface area contributed by atoms with Crippen molar-refractivity contribution in [2.45, 2.75) is 12.8 Å². The van der Waals surface area contributed by atoms with E-state index in [2.05, 4.69) is 95.6 Å². The number of para-hydroxylation sites is 1. The zero-order valence-electron chi connectivity index (χ0n) is 24.6. The van der Waals surface area contributed by atoms with E-state index >= 15 is 0 Å². The monoisotopic (exact) mass is 576 g/mol. The standard InChI is InChI=1S/C41H28N4/c42-27-36-39(30-11-3-1-4-12-30)43-41(32-13-5-2-6-14-32)44-40(36)31-21-19-28(20-22-31)29-23-25-33(26-24-29)45-37-17-9-7-15-34(37)35-16-8-10-18-38(35)45/h1-9,11-17,19-26H,10,18H2. The van der Waals surface area contributed by atoms with E-state index in [0.29, 0.717) is 22.8 Å². The van der Waals surface area contributed by atoms with E-state index in [1.807, 2.05) is 60.7 Å². The lowest BCUT2D eigenvalue weighted by Crippen LogP contribution is -2.02. The van der Waals surface area contributed by atoms with Crippen LogP contribution in [0.5, 0.6) is 0 Å². The molecule has 0 fully saturated rings. The maximum Gasteiger partial charge on any atom is 0.160 e. The molecule has 0 atom stereocenters. The lowest BCUT2D eigenvalue weighted by Gasteiger charge is -2.14. The van der Waals surface area contributed by atoms with Gasteiger partial charge in [-0.25, -0.2) is 9.97 Å². The van der Waals surface area contributed by atoms with Crippen LogP contribution < -0.4 is 0 Å². The molecule has 8 rings (SSSR count). The number of hydrogen-bond acceptors (Lipinski definition) is 3. The fourth-order valence-electron chi connectivity index (χ4n) is 6.39. The van der Waals surface area contributed by atoms with Crippen LogP contribution in [0.25, 0.3) is 67.7 Å². The van der Waals surface area contributed by atoms with Gasteiger partial charge in [-0.05, 0) is 42.2 Å². The van der Waals surface area contributed by atoms with Gasteiger partial charge in [0.15, 0.2) is 5.82 Å². The summed E-state index contributed by atoms with van der Waals surface area (Å²) in [5.41, 5.74) is 11.8. The van der Waals surface area contributed by atoms with Crippen molar-refractivity contribution < 1.29 is 0 Å². The van der Waals surface area contributed by atoms with E-state index in [-0.39, 0.29) is 0 Å². The number of allylic oxidation sites excluding steroid dienone is 1. The number of nitrogens with zero attached hydrogens (tertiary/aromatic N) is 4. The average Bonchev–Trinajstić information content (AvgIpc) is 3.46. The Bertz CT molecular complexity index is 2240. The summed E-state index contributed by atoms with van der Waals surface area (Å²) in [5, 5.41) is 11.6. The zero-order valence-corrected chi connectivity index (χ0v) is 24.6. The second-order valence-corrected chi connectivity index (χ2v) is 11.2. The van der Waals surface area contributed by atoms with Gasteiger partial charge in [0.05, 0.1) is 16.9 Å². The summed E-state index contributed by atoms with van der Waals surface area (Å²) in [6.07, 6.45) is 6.65. The normalized spacial score (nSPS) is 12.2. The van der Waals surface area contributed by atoms with Gasteiger partial charge in [-0.2, -0.15) is 5.26 Å². The second-order valence-electron chi connectivity index (χ2n) is 11.2. The molecule has 1 aliphatic carbocycles.